The highest BCUT2D eigenvalue weighted by Crippen LogP contribution is 2.36. The van der Waals surface area contributed by atoms with Crippen LogP contribution >= 0.6 is 0 Å². The number of hydrogen-bond acceptors (Lipinski definition) is 4. The molecule has 1 saturated carbocycles. The van der Waals surface area contributed by atoms with Crippen molar-refractivity contribution in [3.63, 3.8) is 0 Å². The Morgan fingerprint density at radius 1 is 1.53 bits per heavy atom. The van der Waals surface area contributed by atoms with Gasteiger partial charge in [0, 0.05) is 19.3 Å². The number of nitrogens with zero attached hydrogens (tertiary/aromatic N) is 1. The van der Waals surface area contributed by atoms with E-state index in [4.69, 9.17) is 5.73 Å². The van der Waals surface area contributed by atoms with Crippen LogP contribution in [0.1, 0.15) is 18.9 Å². The molecular weight excluding hydrogens is 238 g/mol. The van der Waals surface area contributed by atoms with Gasteiger partial charge in [0.15, 0.2) is 5.03 Å². The van der Waals surface area contributed by atoms with Crippen LogP contribution in [0.2, 0.25) is 0 Å². The first kappa shape index (κ1) is 12.5. The largest absolute Gasteiger partial charge is 0.326 e. The van der Waals surface area contributed by atoms with E-state index in [0.717, 1.165) is 12.0 Å². The summed E-state index contributed by atoms with van der Waals surface area (Å²) < 4.78 is 26.3. The van der Waals surface area contributed by atoms with E-state index in [0.29, 0.717) is 24.9 Å². The molecule has 5 nitrogen and oxygen atoms in total. The molecule has 3 N–H and O–H groups in total. The molecule has 0 amide bonds. The first-order chi connectivity index (χ1) is 8.03. The quantitative estimate of drug-likeness (QED) is 0.801. The number of aromatic nitrogens is 1. The van der Waals surface area contributed by atoms with Crippen molar-refractivity contribution < 1.29 is 8.42 Å². The maximum Gasteiger partial charge on any atom is 0.258 e. The summed E-state index contributed by atoms with van der Waals surface area (Å²) in [5.41, 5.74) is 6.25. The van der Waals surface area contributed by atoms with Crippen molar-refractivity contribution in [1.29, 1.82) is 0 Å². The van der Waals surface area contributed by atoms with Gasteiger partial charge in [-0.2, -0.15) is 0 Å². The minimum Gasteiger partial charge on any atom is -0.326 e. The lowest BCUT2D eigenvalue weighted by Crippen LogP contribution is -2.27. The normalized spacial score (nSPS) is 23.6. The van der Waals surface area contributed by atoms with Crippen molar-refractivity contribution in [1.82, 2.24) is 9.71 Å². The highest BCUT2D eigenvalue weighted by molar-refractivity contribution is 7.89. The lowest BCUT2D eigenvalue weighted by atomic mass is 10.3. The third-order valence-electron chi connectivity index (χ3n) is 3.12. The van der Waals surface area contributed by atoms with Crippen molar-refractivity contribution >= 4 is 10.0 Å². The molecular formula is C11H17N3O2S. The van der Waals surface area contributed by atoms with Gasteiger partial charge < -0.3 is 5.73 Å². The van der Waals surface area contributed by atoms with E-state index in [1.807, 2.05) is 0 Å². The molecule has 0 aromatic carbocycles. The van der Waals surface area contributed by atoms with Gasteiger partial charge in [-0.15, -0.1) is 0 Å². The maximum atomic E-state index is 11.9. The summed E-state index contributed by atoms with van der Waals surface area (Å²) >= 11 is 0. The van der Waals surface area contributed by atoms with Gasteiger partial charge in [0.05, 0.1) is 0 Å². The number of nitrogens with two attached hydrogens (primary N) is 1. The smallest absolute Gasteiger partial charge is 0.258 e. The molecule has 1 fully saturated rings. The minimum absolute atomic E-state index is 0.0583. The number of sulfonamides is 1. The van der Waals surface area contributed by atoms with Crippen molar-refractivity contribution in [2.24, 2.45) is 17.6 Å². The Balaban J connectivity index is 2.02. The van der Waals surface area contributed by atoms with Gasteiger partial charge in [0.2, 0.25) is 0 Å². The molecule has 1 aromatic heterocycles. The summed E-state index contributed by atoms with van der Waals surface area (Å²) in [5, 5.41) is 0.0583. The summed E-state index contributed by atoms with van der Waals surface area (Å²) in [5.74, 6) is 1.11. The molecule has 0 bridgehead atoms. The lowest BCUT2D eigenvalue weighted by molar-refractivity contribution is 0.570. The van der Waals surface area contributed by atoms with Gasteiger partial charge in [-0.05, 0) is 29.9 Å². The van der Waals surface area contributed by atoms with E-state index in [9.17, 15) is 8.42 Å². The molecule has 2 rings (SSSR count). The summed E-state index contributed by atoms with van der Waals surface area (Å²) in [6, 6.07) is 3.17. The predicted octanol–water partition coefficient (Wildman–Crippen LogP) is 0.475. The van der Waals surface area contributed by atoms with Crippen LogP contribution in [0, 0.1) is 11.8 Å². The number of hydrogen-bond donors (Lipinski definition) is 2. The van der Waals surface area contributed by atoms with E-state index < -0.39 is 10.0 Å². The fourth-order valence-corrected chi connectivity index (χ4v) is 2.68. The average molecular weight is 255 g/mol. The molecule has 0 radical (unpaired) electrons. The lowest BCUT2D eigenvalue weighted by Gasteiger charge is -2.05. The molecule has 1 aliphatic carbocycles. The van der Waals surface area contributed by atoms with Crippen LogP contribution in [0.25, 0.3) is 0 Å². The topological polar surface area (TPSA) is 85.1 Å². The summed E-state index contributed by atoms with van der Waals surface area (Å²) in [6.07, 6.45) is 2.59. The van der Waals surface area contributed by atoms with Gasteiger partial charge in [0.1, 0.15) is 0 Å². The molecule has 1 aliphatic rings. The second-order valence-corrected chi connectivity index (χ2v) is 6.25. The monoisotopic (exact) mass is 255 g/mol. The molecule has 94 valence electrons. The molecule has 2 atom stereocenters. The third-order valence-corrected chi connectivity index (χ3v) is 4.46. The van der Waals surface area contributed by atoms with E-state index >= 15 is 0 Å². The molecule has 17 heavy (non-hydrogen) atoms. The Kier molecular flexibility index (Phi) is 3.46. The first-order valence-corrected chi connectivity index (χ1v) is 7.16. The zero-order valence-electron chi connectivity index (χ0n) is 9.76. The maximum absolute atomic E-state index is 11.9. The van der Waals surface area contributed by atoms with E-state index in [-0.39, 0.29) is 5.03 Å². The zero-order chi connectivity index (χ0) is 12.5. The molecule has 1 aromatic rings. The van der Waals surface area contributed by atoms with Crippen molar-refractivity contribution in [3.8, 4) is 0 Å². The Bertz CT molecular complexity index is 484. The van der Waals surface area contributed by atoms with Crippen LogP contribution in [-0.2, 0) is 16.6 Å². The molecule has 1 heterocycles. The Morgan fingerprint density at radius 3 is 2.71 bits per heavy atom. The van der Waals surface area contributed by atoms with E-state index in [2.05, 4.69) is 16.6 Å². The SMILES string of the molecule is CC1CC1CNS(=O)(=O)c1ccc(CN)cn1. The van der Waals surface area contributed by atoms with Gasteiger partial charge >= 0.3 is 0 Å². The fraction of sp³-hybridized carbons (Fsp3) is 0.545. The molecule has 0 spiro atoms. The van der Waals surface area contributed by atoms with Crippen LogP contribution in [0.5, 0.6) is 0 Å². The van der Waals surface area contributed by atoms with Gasteiger partial charge in [0.25, 0.3) is 10.0 Å². The van der Waals surface area contributed by atoms with Gasteiger partial charge in [-0.1, -0.05) is 13.0 Å². The van der Waals surface area contributed by atoms with Crippen LogP contribution in [0.3, 0.4) is 0 Å². The summed E-state index contributed by atoms with van der Waals surface area (Å²) in [7, 11) is -3.47. The Labute approximate surface area is 101 Å². The predicted molar refractivity (Wildman–Crippen MR) is 64.6 cm³/mol. The fourth-order valence-electron chi connectivity index (χ4n) is 1.66. The average Bonchev–Trinajstić information content (AvgIpc) is 3.03. The van der Waals surface area contributed by atoms with Crippen molar-refractivity contribution in [3.05, 3.63) is 23.9 Å². The third kappa shape index (κ3) is 3.02. The summed E-state index contributed by atoms with van der Waals surface area (Å²) in [4.78, 5) is 3.91. The van der Waals surface area contributed by atoms with Crippen LogP contribution < -0.4 is 10.5 Å². The van der Waals surface area contributed by atoms with Gasteiger partial charge in [-0.3, -0.25) is 0 Å². The minimum atomic E-state index is -3.47. The van der Waals surface area contributed by atoms with Crippen LogP contribution in [-0.4, -0.2) is 19.9 Å². The molecule has 2 unspecified atom stereocenters. The molecule has 0 saturated heterocycles. The van der Waals surface area contributed by atoms with Crippen molar-refractivity contribution in [2.45, 2.75) is 24.9 Å². The standard InChI is InChI=1S/C11H17N3O2S/c1-8-4-10(8)7-14-17(15,16)11-3-2-9(5-12)6-13-11/h2-3,6,8,10,14H,4-5,7,12H2,1H3. The van der Waals surface area contributed by atoms with E-state index in [1.54, 1.807) is 6.07 Å². The second-order valence-electron chi connectivity index (χ2n) is 4.53. The van der Waals surface area contributed by atoms with E-state index in [1.165, 1.54) is 12.3 Å². The zero-order valence-corrected chi connectivity index (χ0v) is 10.6. The van der Waals surface area contributed by atoms with Crippen LogP contribution in [0.15, 0.2) is 23.4 Å². The molecule has 6 heteroatoms. The highest BCUT2D eigenvalue weighted by atomic mass is 32.2. The second kappa shape index (κ2) is 4.72. The van der Waals surface area contributed by atoms with Crippen LogP contribution in [0.4, 0.5) is 0 Å². The van der Waals surface area contributed by atoms with Crippen molar-refractivity contribution in [2.75, 3.05) is 6.54 Å². The summed E-state index contributed by atoms with van der Waals surface area (Å²) in [6.45, 7) is 2.98. The number of rotatable bonds is 5. The number of pyridine rings is 1. The van der Waals surface area contributed by atoms with Gasteiger partial charge in [-0.25, -0.2) is 18.1 Å². The number of nitrogens with one attached hydrogen (secondary N) is 1. The molecule has 0 aliphatic heterocycles. The Hall–Kier alpha value is -0.980. The highest BCUT2D eigenvalue weighted by Gasteiger charge is 2.33. The first-order valence-electron chi connectivity index (χ1n) is 5.67. The Morgan fingerprint density at radius 2 is 2.24 bits per heavy atom.